The summed E-state index contributed by atoms with van der Waals surface area (Å²) in [6.45, 7) is -0.107. The third kappa shape index (κ3) is 3.40. The molecular weight excluding hydrogens is 304 g/mol. The molecule has 0 aliphatic carbocycles. The second-order valence-corrected chi connectivity index (χ2v) is 6.96. The van der Waals surface area contributed by atoms with Gasteiger partial charge in [0.2, 0.25) is 6.54 Å². The number of hydrogen-bond acceptors (Lipinski definition) is 5. The number of benzene rings is 2. The molecule has 4 nitrogen and oxygen atoms in total. The Balaban J connectivity index is 1.88. The fraction of sp³-hybridized carbons (Fsp3) is 0.133. The second kappa shape index (κ2) is 6.24. The van der Waals surface area contributed by atoms with Crippen LogP contribution in [-0.4, -0.2) is 16.5 Å². The van der Waals surface area contributed by atoms with Gasteiger partial charge in [-0.1, -0.05) is 54.2 Å². The summed E-state index contributed by atoms with van der Waals surface area (Å²) in [6.07, 6.45) is 0. The first kappa shape index (κ1) is 14.0. The SMILES string of the molecule is O=[N+]([O-])CC(Sc1nc2ccccc2s1)c1ccccc1. The minimum Gasteiger partial charge on any atom is -0.264 e. The maximum atomic E-state index is 10.9. The third-order valence-corrected chi connectivity index (χ3v) is 5.37. The average Bonchev–Trinajstić information content (AvgIpc) is 2.89. The number of hydrogen-bond donors (Lipinski definition) is 0. The number of nitrogens with zero attached hydrogens (tertiary/aromatic N) is 2. The van der Waals surface area contributed by atoms with Crippen LogP contribution in [0.25, 0.3) is 10.2 Å². The first-order valence-electron chi connectivity index (χ1n) is 6.41. The Hall–Kier alpha value is -1.92. The molecule has 3 rings (SSSR count). The summed E-state index contributed by atoms with van der Waals surface area (Å²) < 4.78 is 1.97. The van der Waals surface area contributed by atoms with Crippen LogP contribution in [0.15, 0.2) is 58.9 Å². The summed E-state index contributed by atoms with van der Waals surface area (Å²) in [5, 5.41) is 10.7. The summed E-state index contributed by atoms with van der Waals surface area (Å²) >= 11 is 3.04. The zero-order valence-electron chi connectivity index (χ0n) is 11.0. The van der Waals surface area contributed by atoms with Crippen LogP contribution in [0.5, 0.6) is 0 Å². The number of para-hydroxylation sites is 1. The molecule has 0 bridgehead atoms. The highest BCUT2D eigenvalue weighted by Gasteiger charge is 2.21. The van der Waals surface area contributed by atoms with Crippen LogP contribution in [0.2, 0.25) is 0 Å². The number of thiazole rings is 1. The molecule has 0 N–H and O–H groups in total. The number of thioether (sulfide) groups is 1. The van der Waals surface area contributed by atoms with Gasteiger partial charge in [0.1, 0.15) is 5.25 Å². The van der Waals surface area contributed by atoms with E-state index in [1.807, 2.05) is 54.6 Å². The molecule has 21 heavy (non-hydrogen) atoms. The summed E-state index contributed by atoms with van der Waals surface area (Å²) in [6, 6.07) is 17.5. The molecular formula is C15H12N2O2S2. The fourth-order valence-electron chi connectivity index (χ4n) is 2.04. The van der Waals surface area contributed by atoms with Crippen molar-refractivity contribution in [2.24, 2.45) is 0 Å². The topological polar surface area (TPSA) is 56.0 Å². The van der Waals surface area contributed by atoms with Crippen molar-refractivity contribution in [3.8, 4) is 0 Å². The lowest BCUT2D eigenvalue weighted by Crippen LogP contribution is -2.09. The molecule has 3 aromatic rings. The molecule has 1 atom stereocenters. The van der Waals surface area contributed by atoms with Crippen molar-refractivity contribution >= 4 is 33.3 Å². The van der Waals surface area contributed by atoms with E-state index in [-0.39, 0.29) is 16.7 Å². The minimum atomic E-state index is -0.266. The summed E-state index contributed by atoms with van der Waals surface area (Å²) in [5.41, 5.74) is 1.90. The maximum absolute atomic E-state index is 10.9. The Morgan fingerprint density at radius 3 is 2.57 bits per heavy atom. The molecule has 6 heteroatoms. The highest BCUT2D eigenvalue weighted by Crippen LogP contribution is 2.39. The molecule has 1 aromatic heterocycles. The van der Waals surface area contributed by atoms with Crippen LogP contribution in [-0.2, 0) is 0 Å². The number of aromatic nitrogens is 1. The van der Waals surface area contributed by atoms with Gasteiger partial charge in [0.25, 0.3) is 0 Å². The van der Waals surface area contributed by atoms with Crippen LogP contribution >= 0.6 is 23.1 Å². The Morgan fingerprint density at radius 2 is 1.86 bits per heavy atom. The Kier molecular flexibility index (Phi) is 4.17. The third-order valence-electron chi connectivity index (χ3n) is 3.00. The van der Waals surface area contributed by atoms with Gasteiger partial charge in [0.15, 0.2) is 4.34 Å². The van der Waals surface area contributed by atoms with Gasteiger partial charge >= 0.3 is 0 Å². The zero-order chi connectivity index (χ0) is 14.7. The highest BCUT2D eigenvalue weighted by atomic mass is 32.2. The summed E-state index contributed by atoms with van der Waals surface area (Å²) in [5.74, 6) is 0. The Labute approximate surface area is 130 Å². The fourth-order valence-corrected chi connectivity index (χ4v) is 4.43. The van der Waals surface area contributed by atoms with Gasteiger partial charge in [-0.2, -0.15) is 0 Å². The van der Waals surface area contributed by atoms with E-state index < -0.39 is 0 Å². The first-order chi connectivity index (χ1) is 10.2. The number of fused-ring (bicyclic) bond motifs is 1. The van der Waals surface area contributed by atoms with Crippen molar-refractivity contribution in [2.45, 2.75) is 9.59 Å². The van der Waals surface area contributed by atoms with Crippen LogP contribution in [0, 0.1) is 10.1 Å². The molecule has 1 unspecified atom stereocenters. The van der Waals surface area contributed by atoms with Gasteiger partial charge in [-0.3, -0.25) is 10.1 Å². The van der Waals surface area contributed by atoms with Crippen LogP contribution < -0.4 is 0 Å². The predicted octanol–water partition coefficient (Wildman–Crippen LogP) is 4.41. The minimum absolute atomic E-state index is 0.107. The lowest BCUT2D eigenvalue weighted by molar-refractivity contribution is -0.479. The molecule has 0 amide bonds. The predicted molar refractivity (Wildman–Crippen MR) is 86.5 cm³/mol. The molecule has 0 radical (unpaired) electrons. The maximum Gasteiger partial charge on any atom is 0.220 e. The van der Waals surface area contributed by atoms with Crippen molar-refractivity contribution < 1.29 is 4.92 Å². The average molecular weight is 316 g/mol. The van der Waals surface area contributed by atoms with Gasteiger partial charge in [-0.25, -0.2) is 4.98 Å². The lowest BCUT2D eigenvalue weighted by atomic mass is 10.1. The van der Waals surface area contributed by atoms with Crippen LogP contribution in [0.1, 0.15) is 10.8 Å². The van der Waals surface area contributed by atoms with Gasteiger partial charge < -0.3 is 0 Å². The highest BCUT2D eigenvalue weighted by molar-refractivity contribution is 8.01. The molecule has 2 aromatic carbocycles. The van der Waals surface area contributed by atoms with Crippen molar-refractivity contribution in [1.29, 1.82) is 0 Å². The van der Waals surface area contributed by atoms with Crippen molar-refractivity contribution in [3.63, 3.8) is 0 Å². The molecule has 0 fully saturated rings. The van der Waals surface area contributed by atoms with Gasteiger partial charge in [0.05, 0.1) is 10.2 Å². The normalized spacial score (nSPS) is 12.4. The lowest BCUT2D eigenvalue weighted by Gasteiger charge is -2.10. The van der Waals surface area contributed by atoms with E-state index in [1.54, 1.807) is 11.3 Å². The van der Waals surface area contributed by atoms with E-state index in [9.17, 15) is 10.1 Å². The van der Waals surface area contributed by atoms with E-state index in [4.69, 9.17) is 0 Å². The molecule has 106 valence electrons. The van der Waals surface area contributed by atoms with Crippen molar-refractivity contribution in [2.75, 3.05) is 6.54 Å². The van der Waals surface area contributed by atoms with Crippen LogP contribution in [0.4, 0.5) is 0 Å². The monoisotopic (exact) mass is 316 g/mol. The second-order valence-electron chi connectivity index (χ2n) is 4.48. The first-order valence-corrected chi connectivity index (χ1v) is 8.11. The Bertz CT molecular complexity index is 725. The summed E-state index contributed by atoms with van der Waals surface area (Å²) in [4.78, 5) is 15.2. The number of nitro groups is 1. The largest absolute Gasteiger partial charge is 0.264 e. The van der Waals surface area contributed by atoms with Gasteiger partial charge in [-0.05, 0) is 17.7 Å². The van der Waals surface area contributed by atoms with E-state index in [0.29, 0.717) is 0 Å². The Morgan fingerprint density at radius 1 is 1.14 bits per heavy atom. The van der Waals surface area contributed by atoms with Gasteiger partial charge in [-0.15, -0.1) is 11.3 Å². The molecule has 1 heterocycles. The van der Waals surface area contributed by atoms with Crippen molar-refractivity contribution in [1.82, 2.24) is 4.98 Å². The molecule has 0 saturated carbocycles. The molecule has 0 aliphatic rings. The van der Waals surface area contributed by atoms with E-state index in [1.165, 1.54) is 11.8 Å². The summed E-state index contributed by atoms with van der Waals surface area (Å²) in [7, 11) is 0. The molecule has 0 spiro atoms. The standard InChI is InChI=1S/C15H12N2O2S2/c18-17(19)10-14(11-6-2-1-3-7-11)21-15-16-12-8-4-5-9-13(12)20-15/h1-9,14H,10H2. The van der Waals surface area contributed by atoms with Crippen LogP contribution in [0.3, 0.4) is 0 Å². The van der Waals surface area contributed by atoms with E-state index >= 15 is 0 Å². The van der Waals surface area contributed by atoms with E-state index in [0.717, 1.165) is 20.1 Å². The quantitative estimate of drug-likeness (QED) is 0.397. The molecule has 0 saturated heterocycles. The van der Waals surface area contributed by atoms with Gasteiger partial charge in [0, 0.05) is 4.92 Å². The van der Waals surface area contributed by atoms with Crippen molar-refractivity contribution in [3.05, 3.63) is 70.3 Å². The zero-order valence-corrected chi connectivity index (χ0v) is 12.6. The smallest absolute Gasteiger partial charge is 0.220 e. The molecule has 0 aliphatic heterocycles. The van der Waals surface area contributed by atoms with E-state index in [2.05, 4.69) is 4.98 Å². The number of rotatable bonds is 5.